The Morgan fingerprint density at radius 3 is 1.68 bits per heavy atom. The minimum Gasteiger partial charge on any atom is -0.507 e. The highest BCUT2D eigenvalue weighted by atomic mass is 16.4. The Balaban J connectivity index is 0.000000271. The van der Waals surface area contributed by atoms with E-state index in [1.165, 1.54) is 24.3 Å². The molecule has 0 aliphatic carbocycles. The van der Waals surface area contributed by atoms with Crippen molar-refractivity contribution in [3.05, 3.63) is 59.7 Å². The molecule has 0 fully saturated rings. The first kappa shape index (κ1) is 19.5. The minimum atomic E-state index is -1.33. The number of amides is 3. The zero-order valence-corrected chi connectivity index (χ0v) is 13.4. The molecule has 0 aliphatic rings. The Hall–Kier alpha value is -3.55. The monoisotopic (exact) mass is 346 g/mol. The molecule has 0 bridgehead atoms. The largest absolute Gasteiger partial charge is 0.507 e. The molecule has 5 N–H and O–H groups in total. The number of hydrogen-bond acceptors (Lipinski definition) is 5. The van der Waals surface area contributed by atoms with Crippen molar-refractivity contribution < 1.29 is 29.7 Å². The molecular formula is C17H18N2O6. The van der Waals surface area contributed by atoms with Gasteiger partial charge in [-0.1, -0.05) is 24.3 Å². The SMILES string of the molecule is CCN(C(=O)O)C(=O)c1ccccc1O.NC(=O)c1ccccc1O. The van der Waals surface area contributed by atoms with Gasteiger partial charge in [0, 0.05) is 6.54 Å². The fraction of sp³-hybridized carbons (Fsp3) is 0.118. The average Bonchev–Trinajstić information content (AvgIpc) is 2.56. The van der Waals surface area contributed by atoms with E-state index in [1.807, 2.05) is 0 Å². The van der Waals surface area contributed by atoms with Crippen LogP contribution in [0.1, 0.15) is 27.6 Å². The molecule has 2 aromatic carbocycles. The number of imide groups is 1. The highest BCUT2D eigenvalue weighted by Crippen LogP contribution is 2.17. The van der Waals surface area contributed by atoms with E-state index in [0.717, 1.165) is 0 Å². The highest BCUT2D eigenvalue weighted by Gasteiger charge is 2.22. The van der Waals surface area contributed by atoms with Crippen LogP contribution < -0.4 is 5.73 Å². The Bertz CT molecular complexity index is 775. The lowest BCUT2D eigenvalue weighted by molar-refractivity contribution is 0.0748. The number of rotatable bonds is 3. The molecule has 0 heterocycles. The smallest absolute Gasteiger partial charge is 0.414 e. The van der Waals surface area contributed by atoms with Gasteiger partial charge in [0.15, 0.2) is 0 Å². The van der Waals surface area contributed by atoms with Gasteiger partial charge in [0.2, 0.25) is 0 Å². The first-order chi connectivity index (χ1) is 11.8. The molecule has 0 spiro atoms. The fourth-order valence-corrected chi connectivity index (χ4v) is 1.85. The number of phenolic OH excluding ortho intramolecular Hbond substituents is 1. The predicted octanol–water partition coefficient (Wildman–Crippen LogP) is 2.02. The molecule has 0 atom stereocenters. The van der Waals surface area contributed by atoms with Crippen LogP contribution in [0.4, 0.5) is 4.79 Å². The number of carbonyl (C=O) groups excluding carboxylic acids is 2. The van der Waals surface area contributed by atoms with Crippen LogP contribution in [0.3, 0.4) is 0 Å². The van der Waals surface area contributed by atoms with Gasteiger partial charge in [0.25, 0.3) is 11.8 Å². The molecule has 132 valence electrons. The van der Waals surface area contributed by atoms with Gasteiger partial charge in [-0.05, 0) is 31.2 Å². The molecule has 2 rings (SSSR count). The zero-order valence-electron chi connectivity index (χ0n) is 13.4. The van der Waals surface area contributed by atoms with Crippen molar-refractivity contribution >= 4 is 17.9 Å². The van der Waals surface area contributed by atoms with Gasteiger partial charge in [-0.2, -0.15) is 0 Å². The van der Waals surface area contributed by atoms with E-state index in [9.17, 15) is 19.5 Å². The molecule has 2 aromatic rings. The summed E-state index contributed by atoms with van der Waals surface area (Å²) in [4.78, 5) is 33.4. The van der Waals surface area contributed by atoms with E-state index in [-0.39, 0.29) is 29.2 Å². The van der Waals surface area contributed by atoms with Crippen LogP contribution in [-0.4, -0.2) is 44.7 Å². The maximum Gasteiger partial charge on any atom is 0.414 e. The number of carboxylic acid groups (broad SMARTS) is 1. The number of phenols is 2. The van der Waals surface area contributed by atoms with Crippen LogP contribution in [0.5, 0.6) is 11.5 Å². The van der Waals surface area contributed by atoms with Crippen LogP contribution in [0, 0.1) is 0 Å². The maximum absolute atomic E-state index is 11.6. The van der Waals surface area contributed by atoms with Crippen molar-refractivity contribution in [3.63, 3.8) is 0 Å². The zero-order chi connectivity index (χ0) is 19.0. The molecule has 8 nitrogen and oxygen atoms in total. The van der Waals surface area contributed by atoms with Gasteiger partial charge in [-0.15, -0.1) is 0 Å². The van der Waals surface area contributed by atoms with Crippen molar-refractivity contribution in [2.75, 3.05) is 6.54 Å². The number of carbonyl (C=O) groups is 3. The molecule has 25 heavy (non-hydrogen) atoms. The van der Waals surface area contributed by atoms with Crippen molar-refractivity contribution in [1.29, 1.82) is 0 Å². The van der Waals surface area contributed by atoms with E-state index in [1.54, 1.807) is 31.2 Å². The van der Waals surface area contributed by atoms with Crippen LogP contribution in [0.2, 0.25) is 0 Å². The summed E-state index contributed by atoms with van der Waals surface area (Å²) in [5.41, 5.74) is 5.06. The third-order valence-corrected chi connectivity index (χ3v) is 3.10. The summed E-state index contributed by atoms with van der Waals surface area (Å²) < 4.78 is 0. The molecule has 0 saturated carbocycles. The number of primary amides is 1. The highest BCUT2D eigenvalue weighted by molar-refractivity contribution is 6.04. The van der Waals surface area contributed by atoms with Crippen molar-refractivity contribution in [3.8, 4) is 11.5 Å². The van der Waals surface area contributed by atoms with Gasteiger partial charge >= 0.3 is 6.09 Å². The standard InChI is InChI=1S/C10H11NO4.C7H7NO2/c1-2-11(10(14)15)9(13)7-5-3-4-6-8(7)12;8-7(10)5-3-1-2-4-6(5)9/h3-6,12H,2H2,1H3,(H,14,15);1-4,9H,(H2,8,10). The molecule has 0 radical (unpaired) electrons. The van der Waals surface area contributed by atoms with Crippen LogP contribution in [0.15, 0.2) is 48.5 Å². The van der Waals surface area contributed by atoms with E-state index < -0.39 is 17.9 Å². The Labute approximate surface area is 143 Å². The number of benzene rings is 2. The number of nitrogens with two attached hydrogens (primary N) is 1. The summed E-state index contributed by atoms with van der Waals surface area (Å²) >= 11 is 0. The van der Waals surface area contributed by atoms with Crippen molar-refractivity contribution in [2.24, 2.45) is 5.73 Å². The van der Waals surface area contributed by atoms with Crippen LogP contribution in [0.25, 0.3) is 0 Å². The van der Waals surface area contributed by atoms with Crippen molar-refractivity contribution in [1.82, 2.24) is 4.90 Å². The summed E-state index contributed by atoms with van der Waals surface area (Å²) in [6.45, 7) is 1.59. The first-order valence-corrected chi connectivity index (χ1v) is 7.20. The summed E-state index contributed by atoms with van der Waals surface area (Å²) in [7, 11) is 0. The summed E-state index contributed by atoms with van der Waals surface area (Å²) in [5, 5.41) is 27.1. The Morgan fingerprint density at radius 1 is 0.920 bits per heavy atom. The molecule has 8 heteroatoms. The number of hydrogen-bond donors (Lipinski definition) is 4. The Kier molecular flexibility index (Phi) is 6.96. The summed E-state index contributed by atoms with van der Waals surface area (Å²) in [5.74, 6) is -1.63. The maximum atomic E-state index is 11.6. The lowest BCUT2D eigenvalue weighted by atomic mass is 10.2. The summed E-state index contributed by atoms with van der Waals surface area (Å²) in [6, 6.07) is 12.0. The fourth-order valence-electron chi connectivity index (χ4n) is 1.85. The molecule has 0 aromatic heterocycles. The average molecular weight is 346 g/mol. The molecule has 0 aliphatic heterocycles. The second kappa shape index (κ2) is 8.92. The van der Waals surface area contributed by atoms with E-state index in [4.69, 9.17) is 15.9 Å². The normalized spacial score (nSPS) is 9.48. The van der Waals surface area contributed by atoms with E-state index in [0.29, 0.717) is 4.90 Å². The second-order valence-corrected chi connectivity index (χ2v) is 4.73. The van der Waals surface area contributed by atoms with Crippen LogP contribution in [-0.2, 0) is 0 Å². The van der Waals surface area contributed by atoms with Gasteiger partial charge in [-0.3, -0.25) is 9.59 Å². The Morgan fingerprint density at radius 2 is 1.36 bits per heavy atom. The molecule has 3 amide bonds. The quantitative estimate of drug-likeness (QED) is 0.670. The third-order valence-electron chi connectivity index (χ3n) is 3.10. The van der Waals surface area contributed by atoms with Crippen molar-refractivity contribution in [2.45, 2.75) is 6.92 Å². The van der Waals surface area contributed by atoms with Gasteiger partial charge in [-0.25, -0.2) is 9.69 Å². The van der Waals surface area contributed by atoms with Gasteiger partial charge in [0.1, 0.15) is 11.5 Å². The topological polar surface area (TPSA) is 141 Å². The lowest BCUT2D eigenvalue weighted by Gasteiger charge is -2.15. The second-order valence-electron chi connectivity index (χ2n) is 4.73. The summed E-state index contributed by atoms with van der Waals surface area (Å²) in [6.07, 6.45) is -1.33. The molecule has 0 saturated heterocycles. The third kappa shape index (κ3) is 5.24. The number of para-hydroxylation sites is 2. The number of aromatic hydroxyl groups is 2. The van der Waals surface area contributed by atoms with Gasteiger partial charge < -0.3 is 21.1 Å². The minimum absolute atomic E-state index is 0.0123. The van der Waals surface area contributed by atoms with Crippen LogP contribution >= 0.6 is 0 Å². The first-order valence-electron chi connectivity index (χ1n) is 7.20. The van der Waals surface area contributed by atoms with E-state index >= 15 is 0 Å². The number of nitrogens with zero attached hydrogens (tertiary/aromatic N) is 1. The van der Waals surface area contributed by atoms with Gasteiger partial charge in [0.05, 0.1) is 11.1 Å². The predicted molar refractivity (Wildman–Crippen MR) is 89.5 cm³/mol. The molecular weight excluding hydrogens is 328 g/mol. The lowest BCUT2D eigenvalue weighted by Crippen LogP contribution is -2.35. The van der Waals surface area contributed by atoms with E-state index in [2.05, 4.69) is 0 Å². The molecule has 0 unspecified atom stereocenters.